The molecule has 0 bridgehead atoms. The Bertz CT molecular complexity index is 2170. The van der Waals surface area contributed by atoms with E-state index < -0.39 is 18.4 Å². The molecule has 0 aliphatic carbocycles. The zero-order chi connectivity index (χ0) is 39.0. The molecule has 5 aromatic carbocycles. The van der Waals surface area contributed by atoms with Crippen LogP contribution in [0.1, 0.15) is 55.4 Å². The maximum absolute atomic E-state index is 12.6. The van der Waals surface area contributed by atoms with Gasteiger partial charge in [0.15, 0.2) is 18.2 Å². The third-order valence-electron chi connectivity index (χ3n) is 9.86. The normalized spacial score (nSPS) is 18.6. The molecule has 0 radical (unpaired) electrons. The second-order valence-electron chi connectivity index (χ2n) is 13.8. The number of aliphatic hydroxyl groups is 1. The molecule has 1 aliphatic heterocycles. The van der Waals surface area contributed by atoms with Crippen molar-refractivity contribution < 1.29 is 33.3 Å². The Labute approximate surface area is 331 Å². The van der Waals surface area contributed by atoms with Gasteiger partial charge in [-0.05, 0) is 34.7 Å². The number of nitrogens with one attached hydrogen (secondary N) is 1. The van der Waals surface area contributed by atoms with Crippen LogP contribution in [0.5, 0.6) is 0 Å². The summed E-state index contributed by atoms with van der Waals surface area (Å²) in [5.41, 5.74) is 8.27. The fourth-order valence-corrected chi connectivity index (χ4v) is 7.79. The predicted molar refractivity (Wildman–Crippen MR) is 216 cm³/mol. The number of aliphatic hydroxyl groups excluding tert-OH is 1. The fraction of sp³-hybridized carbons (Fsp3) is 0.239. The van der Waals surface area contributed by atoms with Crippen molar-refractivity contribution in [1.82, 2.24) is 10.3 Å². The Hall–Kier alpha value is -5.52. The molecule has 2 N–H and O–H groups in total. The zero-order valence-corrected chi connectivity index (χ0v) is 32.3. The van der Waals surface area contributed by atoms with Gasteiger partial charge < -0.3 is 29.1 Å². The summed E-state index contributed by atoms with van der Waals surface area (Å²) >= 11 is 1.52. The van der Waals surface area contributed by atoms with E-state index in [1.165, 1.54) is 18.7 Å². The number of hydrogen-bond acceptors (Lipinski definition) is 9. The van der Waals surface area contributed by atoms with E-state index in [1.807, 2.05) is 133 Å². The average Bonchev–Trinajstić information content (AvgIpc) is 3.67. The molecule has 0 unspecified atom stereocenters. The molecule has 56 heavy (non-hydrogen) atoms. The number of amides is 1. The highest BCUT2D eigenvalue weighted by molar-refractivity contribution is 7.99. The second kappa shape index (κ2) is 18.0. The van der Waals surface area contributed by atoms with Crippen LogP contribution in [0.25, 0.3) is 33.7 Å². The topological polar surface area (TPSA) is 120 Å². The van der Waals surface area contributed by atoms with Crippen LogP contribution in [0.2, 0.25) is 0 Å². The molecule has 0 spiro atoms. The van der Waals surface area contributed by atoms with Gasteiger partial charge in [0.2, 0.25) is 0 Å². The van der Waals surface area contributed by atoms with Crippen molar-refractivity contribution in [3.63, 3.8) is 0 Å². The number of nitrogens with zero attached hydrogens (tertiary/aromatic N) is 1. The summed E-state index contributed by atoms with van der Waals surface area (Å²) < 4.78 is 25.0. The lowest BCUT2D eigenvalue weighted by molar-refractivity contribution is -0.268. The standard InChI is InChI=1S/C46H44N2O7S/c1-29-40(28-56-46-48-41(34-12-6-4-7-13-34)43(55-46)35-14-8-5-9-15-35)53-45(54-42(29)36-20-18-32(27-49)19-21-36)37-24-22-33(23-25-37)39-17-11-10-16-38(39)26-47-44(51)30(2)52-31(3)50/h4-25,29-30,40,42,45,49H,26-28H2,1-3H3,(H,47,51)/t29-,30+,40+,42+,45+/m1/s1. The number of benzene rings is 5. The maximum atomic E-state index is 12.6. The van der Waals surface area contributed by atoms with Crippen molar-refractivity contribution in [2.75, 3.05) is 5.75 Å². The van der Waals surface area contributed by atoms with Crippen LogP contribution in [0.4, 0.5) is 0 Å². The molecule has 286 valence electrons. The first-order valence-electron chi connectivity index (χ1n) is 18.7. The number of esters is 1. The van der Waals surface area contributed by atoms with Gasteiger partial charge in [-0.25, -0.2) is 4.98 Å². The quantitative estimate of drug-likeness (QED) is 0.0875. The predicted octanol–water partition coefficient (Wildman–Crippen LogP) is 9.32. The Kier molecular flexibility index (Phi) is 12.4. The molecular weight excluding hydrogens is 725 g/mol. The number of carbonyl (C=O) groups is 2. The molecule has 6 aromatic rings. The Morgan fingerprint density at radius 3 is 2.12 bits per heavy atom. The van der Waals surface area contributed by atoms with Gasteiger partial charge in [0.25, 0.3) is 11.1 Å². The monoisotopic (exact) mass is 768 g/mol. The van der Waals surface area contributed by atoms with E-state index in [1.54, 1.807) is 6.92 Å². The van der Waals surface area contributed by atoms with Crippen molar-refractivity contribution in [2.24, 2.45) is 5.92 Å². The number of carbonyl (C=O) groups excluding carboxylic acids is 2. The SMILES string of the molecule is CC(=O)O[C@@H](C)C(=O)NCc1ccccc1-c1ccc([C@H]2O[C@@H](CSc3nc(-c4ccccc4)c(-c4ccccc4)o3)[C@@H](C)[C@@H](c3ccc(CO)cc3)O2)cc1. The average molecular weight is 769 g/mol. The molecule has 1 amide bonds. The molecule has 5 atom stereocenters. The van der Waals surface area contributed by atoms with Gasteiger partial charge in [-0.3, -0.25) is 9.59 Å². The van der Waals surface area contributed by atoms with E-state index in [4.69, 9.17) is 23.6 Å². The number of aromatic nitrogens is 1. The summed E-state index contributed by atoms with van der Waals surface area (Å²) in [6.45, 7) is 5.21. The van der Waals surface area contributed by atoms with Gasteiger partial charge in [-0.1, -0.05) is 152 Å². The van der Waals surface area contributed by atoms with E-state index in [2.05, 4.69) is 12.2 Å². The van der Waals surface area contributed by atoms with Crippen molar-refractivity contribution in [1.29, 1.82) is 0 Å². The van der Waals surface area contributed by atoms with Gasteiger partial charge in [-0.2, -0.15) is 0 Å². The lowest BCUT2D eigenvalue weighted by Gasteiger charge is -2.41. The first kappa shape index (κ1) is 38.7. The van der Waals surface area contributed by atoms with E-state index in [0.717, 1.165) is 56.0 Å². The van der Waals surface area contributed by atoms with Crippen LogP contribution in [0.15, 0.2) is 143 Å². The fourth-order valence-electron chi connectivity index (χ4n) is 6.81. The molecule has 10 heteroatoms. The molecule has 1 fully saturated rings. The number of ether oxygens (including phenoxy) is 3. The number of hydrogen-bond donors (Lipinski definition) is 2. The number of oxazole rings is 1. The van der Waals surface area contributed by atoms with Crippen molar-refractivity contribution >= 4 is 23.6 Å². The summed E-state index contributed by atoms with van der Waals surface area (Å²) in [5, 5.41) is 13.1. The van der Waals surface area contributed by atoms with Gasteiger partial charge in [0.05, 0.1) is 18.8 Å². The van der Waals surface area contributed by atoms with Crippen molar-refractivity contribution in [3.05, 3.63) is 156 Å². The summed E-state index contributed by atoms with van der Waals surface area (Å²) in [6, 6.07) is 43.9. The van der Waals surface area contributed by atoms with Crippen LogP contribution in [0, 0.1) is 5.92 Å². The van der Waals surface area contributed by atoms with E-state index in [9.17, 15) is 14.7 Å². The Morgan fingerprint density at radius 1 is 0.804 bits per heavy atom. The molecule has 1 saturated heterocycles. The number of thioether (sulfide) groups is 1. The minimum Gasteiger partial charge on any atom is -0.453 e. The largest absolute Gasteiger partial charge is 0.453 e. The van der Waals surface area contributed by atoms with E-state index in [0.29, 0.717) is 11.0 Å². The highest BCUT2D eigenvalue weighted by atomic mass is 32.2. The lowest BCUT2D eigenvalue weighted by atomic mass is 9.91. The summed E-state index contributed by atoms with van der Waals surface area (Å²) in [7, 11) is 0. The van der Waals surface area contributed by atoms with Crippen LogP contribution in [0.3, 0.4) is 0 Å². The molecule has 9 nitrogen and oxygen atoms in total. The van der Waals surface area contributed by atoms with Gasteiger partial charge in [-0.15, -0.1) is 0 Å². The summed E-state index contributed by atoms with van der Waals surface area (Å²) in [6.07, 6.45) is -2.05. The first-order chi connectivity index (χ1) is 27.3. The Morgan fingerprint density at radius 2 is 1.45 bits per heavy atom. The van der Waals surface area contributed by atoms with E-state index >= 15 is 0 Å². The second-order valence-corrected chi connectivity index (χ2v) is 14.7. The smallest absolute Gasteiger partial charge is 0.303 e. The molecule has 0 saturated carbocycles. The number of rotatable bonds is 13. The Balaban J connectivity index is 1.12. The van der Waals surface area contributed by atoms with Crippen LogP contribution < -0.4 is 5.32 Å². The minimum atomic E-state index is -0.885. The highest BCUT2D eigenvalue weighted by Crippen LogP contribution is 2.44. The maximum Gasteiger partial charge on any atom is 0.303 e. The van der Waals surface area contributed by atoms with Gasteiger partial charge in [0.1, 0.15) is 5.69 Å². The van der Waals surface area contributed by atoms with Gasteiger partial charge in [0, 0.05) is 41.8 Å². The van der Waals surface area contributed by atoms with Gasteiger partial charge >= 0.3 is 5.97 Å². The minimum absolute atomic E-state index is 0.0270. The third kappa shape index (κ3) is 9.12. The summed E-state index contributed by atoms with van der Waals surface area (Å²) in [4.78, 5) is 28.8. The molecular formula is C46H44N2O7S. The van der Waals surface area contributed by atoms with E-state index in [-0.39, 0.29) is 37.2 Å². The molecule has 1 aliphatic rings. The molecule has 2 heterocycles. The van der Waals surface area contributed by atoms with Crippen LogP contribution >= 0.6 is 11.8 Å². The van der Waals surface area contributed by atoms with Crippen LogP contribution in [-0.4, -0.2) is 39.9 Å². The summed E-state index contributed by atoms with van der Waals surface area (Å²) in [5.74, 6) is 0.397. The third-order valence-corrected chi connectivity index (χ3v) is 10.8. The zero-order valence-electron chi connectivity index (χ0n) is 31.5. The highest BCUT2D eigenvalue weighted by Gasteiger charge is 2.39. The van der Waals surface area contributed by atoms with Crippen LogP contribution in [-0.2, 0) is 37.0 Å². The van der Waals surface area contributed by atoms with Crippen molar-refractivity contribution in [3.8, 4) is 33.7 Å². The molecule has 7 rings (SSSR count). The first-order valence-corrected chi connectivity index (χ1v) is 19.6. The molecule has 1 aromatic heterocycles. The van der Waals surface area contributed by atoms with Crippen molar-refractivity contribution in [2.45, 2.75) is 63.7 Å². The lowest BCUT2D eigenvalue weighted by Crippen LogP contribution is -2.38.